The van der Waals surface area contributed by atoms with E-state index in [4.69, 9.17) is 10.7 Å². The van der Waals surface area contributed by atoms with Crippen molar-refractivity contribution in [3.63, 3.8) is 0 Å². The Morgan fingerprint density at radius 1 is 1.10 bits per heavy atom. The van der Waals surface area contributed by atoms with Gasteiger partial charge in [-0.25, -0.2) is 0 Å². The molecule has 0 saturated heterocycles. The molecule has 0 saturated carbocycles. The second kappa shape index (κ2) is 11.0. The van der Waals surface area contributed by atoms with Crippen molar-refractivity contribution in [2.75, 3.05) is 5.32 Å². The van der Waals surface area contributed by atoms with Crippen molar-refractivity contribution in [1.82, 2.24) is 4.98 Å². The van der Waals surface area contributed by atoms with Crippen LogP contribution in [0.15, 0.2) is 24.3 Å². The fourth-order valence-electron chi connectivity index (χ4n) is 3.07. The topological polar surface area (TPSA) is 68.0 Å². The minimum Gasteiger partial charge on any atom is -0.326 e. The number of nitrogens with zero attached hydrogens (tertiary/aromatic N) is 1. The Labute approximate surface area is 187 Å². The van der Waals surface area contributed by atoms with E-state index < -0.39 is 5.41 Å². The van der Waals surface area contributed by atoms with Gasteiger partial charge in [0.1, 0.15) is 0 Å². The van der Waals surface area contributed by atoms with Gasteiger partial charge in [-0.2, -0.15) is 0 Å². The number of rotatable bonds is 5. The molecule has 0 aliphatic carbocycles. The summed E-state index contributed by atoms with van der Waals surface area (Å²) in [6.45, 7) is 14.5. The number of nitrogens with two attached hydrogens (primary N) is 1. The highest BCUT2D eigenvalue weighted by molar-refractivity contribution is 5.99. The third-order valence-electron chi connectivity index (χ3n) is 4.63. The van der Waals surface area contributed by atoms with Gasteiger partial charge in [-0.1, -0.05) is 64.4 Å². The summed E-state index contributed by atoms with van der Waals surface area (Å²) < 4.78 is 0. The number of aromatic nitrogens is 1. The normalized spacial score (nSPS) is 10.9. The number of aryl methyl sites for hydroxylation is 2. The van der Waals surface area contributed by atoms with Gasteiger partial charge in [0.15, 0.2) is 0 Å². The molecule has 0 aliphatic heterocycles. The van der Waals surface area contributed by atoms with E-state index in [-0.39, 0.29) is 30.7 Å². The molecule has 0 spiro atoms. The number of halogens is 2. The van der Waals surface area contributed by atoms with Crippen LogP contribution in [0.3, 0.4) is 0 Å². The Kier molecular flexibility index (Phi) is 10.3. The molecule has 1 aromatic carbocycles. The number of benzene rings is 1. The number of pyridine rings is 1. The second-order valence-corrected chi connectivity index (χ2v) is 8.74. The van der Waals surface area contributed by atoms with E-state index >= 15 is 0 Å². The van der Waals surface area contributed by atoms with Crippen molar-refractivity contribution in [3.05, 3.63) is 46.8 Å². The van der Waals surface area contributed by atoms with E-state index in [1.165, 1.54) is 5.56 Å². The van der Waals surface area contributed by atoms with Crippen LogP contribution in [0.25, 0.3) is 11.1 Å². The Hall–Kier alpha value is -1.62. The number of nitrogens with one attached hydrogen (secondary N) is 1. The summed E-state index contributed by atoms with van der Waals surface area (Å²) >= 11 is 0. The molecule has 0 fully saturated rings. The fraction of sp³-hybridized carbons (Fsp3) is 0.478. The predicted octanol–water partition coefficient (Wildman–Crippen LogP) is 5.85. The van der Waals surface area contributed by atoms with E-state index in [1.807, 2.05) is 27.7 Å². The Morgan fingerprint density at radius 3 is 2.10 bits per heavy atom. The Morgan fingerprint density at radius 2 is 1.66 bits per heavy atom. The summed E-state index contributed by atoms with van der Waals surface area (Å²) in [5, 5.41) is 3.13. The zero-order chi connectivity index (χ0) is 20.4. The number of hydrogen-bond acceptors (Lipinski definition) is 3. The molecule has 4 nitrogen and oxygen atoms in total. The lowest BCUT2D eigenvalue weighted by atomic mass is 9.91. The number of amides is 1. The minimum atomic E-state index is -0.490. The summed E-state index contributed by atoms with van der Waals surface area (Å²) in [5.74, 6) is 0.448. The van der Waals surface area contributed by atoms with Crippen LogP contribution in [0, 0.1) is 25.2 Å². The number of carbonyl (C=O) groups excluding carboxylic acids is 1. The summed E-state index contributed by atoms with van der Waals surface area (Å²) in [4.78, 5) is 17.5. The van der Waals surface area contributed by atoms with Crippen LogP contribution < -0.4 is 11.1 Å². The van der Waals surface area contributed by atoms with Gasteiger partial charge in [-0.3, -0.25) is 9.78 Å². The third-order valence-corrected chi connectivity index (χ3v) is 4.63. The van der Waals surface area contributed by atoms with Gasteiger partial charge in [0.2, 0.25) is 5.91 Å². The van der Waals surface area contributed by atoms with Crippen molar-refractivity contribution >= 4 is 36.4 Å². The average Bonchev–Trinajstić information content (AvgIpc) is 2.56. The fourth-order valence-corrected chi connectivity index (χ4v) is 3.07. The monoisotopic (exact) mass is 439 g/mol. The molecule has 29 heavy (non-hydrogen) atoms. The molecule has 0 radical (unpaired) electrons. The lowest BCUT2D eigenvalue weighted by Crippen LogP contribution is -2.29. The maximum atomic E-state index is 12.7. The highest BCUT2D eigenvalue weighted by Crippen LogP contribution is 2.37. The van der Waals surface area contributed by atoms with Gasteiger partial charge in [0, 0.05) is 23.2 Å². The van der Waals surface area contributed by atoms with Gasteiger partial charge in [-0.05, 0) is 37.3 Å². The first-order valence-electron chi connectivity index (χ1n) is 9.65. The molecule has 162 valence electrons. The number of anilines is 1. The zero-order valence-electron chi connectivity index (χ0n) is 18.6. The molecular weight excluding hydrogens is 405 g/mol. The molecule has 0 atom stereocenters. The van der Waals surface area contributed by atoms with Crippen molar-refractivity contribution in [3.8, 4) is 11.1 Å². The van der Waals surface area contributed by atoms with Crippen LogP contribution in [-0.4, -0.2) is 10.9 Å². The standard InChI is InChI=1S/C23H33N3O.2ClH/c1-14(2)12-19-18(13-24)20(17-10-8-15(3)9-11-17)21(16(4)25-19)26-22(27)23(5,6)7;;/h8-11,14H,12-13,24H2,1-7H3,(H,26,27);2*1H. The lowest BCUT2D eigenvalue weighted by molar-refractivity contribution is -0.123. The average molecular weight is 440 g/mol. The SMILES string of the molecule is Cc1ccc(-c2c(CN)c(CC(C)C)nc(C)c2NC(=O)C(C)(C)C)cc1.Cl.Cl. The second-order valence-electron chi connectivity index (χ2n) is 8.74. The van der Waals surface area contributed by atoms with Crippen molar-refractivity contribution < 1.29 is 4.79 Å². The zero-order valence-corrected chi connectivity index (χ0v) is 20.2. The van der Waals surface area contributed by atoms with Crippen LogP contribution >= 0.6 is 24.8 Å². The third kappa shape index (κ3) is 6.70. The van der Waals surface area contributed by atoms with Crippen molar-refractivity contribution in [2.45, 2.75) is 61.4 Å². The van der Waals surface area contributed by atoms with Gasteiger partial charge < -0.3 is 11.1 Å². The first-order valence-corrected chi connectivity index (χ1v) is 9.65. The van der Waals surface area contributed by atoms with E-state index in [1.54, 1.807) is 0 Å². The van der Waals surface area contributed by atoms with Crippen LogP contribution in [0.5, 0.6) is 0 Å². The maximum absolute atomic E-state index is 12.7. The van der Waals surface area contributed by atoms with Crippen LogP contribution in [0.2, 0.25) is 0 Å². The molecule has 0 aliphatic rings. The molecule has 1 amide bonds. The molecular formula is C23H35Cl2N3O. The molecule has 2 rings (SSSR count). The van der Waals surface area contributed by atoms with Gasteiger partial charge in [0.05, 0.1) is 11.4 Å². The van der Waals surface area contributed by atoms with Crippen LogP contribution in [-0.2, 0) is 17.8 Å². The molecule has 1 heterocycles. The molecule has 3 N–H and O–H groups in total. The molecule has 6 heteroatoms. The van der Waals surface area contributed by atoms with E-state index in [0.717, 1.165) is 40.2 Å². The molecule has 1 aromatic heterocycles. The predicted molar refractivity (Wildman–Crippen MR) is 128 cm³/mol. The van der Waals surface area contributed by atoms with Crippen molar-refractivity contribution in [2.24, 2.45) is 17.1 Å². The summed E-state index contributed by atoms with van der Waals surface area (Å²) in [6, 6.07) is 8.36. The Bertz CT molecular complexity index is 825. The highest BCUT2D eigenvalue weighted by Gasteiger charge is 2.25. The lowest BCUT2D eigenvalue weighted by Gasteiger charge is -2.24. The number of carbonyl (C=O) groups is 1. The minimum absolute atomic E-state index is 0. The highest BCUT2D eigenvalue weighted by atomic mass is 35.5. The number of hydrogen-bond donors (Lipinski definition) is 2. The van der Waals surface area contributed by atoms with Gasteiger partial charge in [0.25, 0.3) is 0 Å². The van der Waals surface area contributed by atoms with E-state index in [2.05, 4.69) is 50.4 Å². The summed E-state index contributed by atoms with van der Waals surface area (Å²) in [6.07, 6.45) is 0.861. The van der Waals surface area contributed by atoms with Crippen LogP contribution in [0.1, 0.15) is 57.1 Å². The molecule has 0 bridgehead atoms. The Balaban J connectivity index is 0.00000392. The molecule has 0 unspecified atom stereocenters. The quantitative estimate of drug-likeness (QED) is 0.613. The smallest absolute Gasteiger partial charge is 0.229 e. The van der Waals surface area contributed by atoms with Gasteiger partial charge >= 0.3 is 0 Å². The van der Waals surface area contributed by atoms with Gasteiger partial charge in [-0.15, -0.1) is 24.8 Å². The molecule has 2 aromatic rings. The maximum Gasteiger partial charge on any atom is 0.229 e. The van der Waals surface area contributed by atoms with Crippen LogP contribution in [0.4, 0.5) is 5.69 Å². The van der Waals surface area contributed by atoms with Crippen molar-refractivity contribution in [1.29, 1.82) is 0 Å². The van der Waals surface area contributed by atoms with E-state index in [9.17, 15) is 4.79 Å². The first kappa shape index (κ1) is 27.4. The summed E-state index contributed by atoms with van der Waals surface area (Å²) in [7, 11) is 0. The first-order chi connectivity index (χ1) is 12.5. The van der Waals surface area contributed by atoms with E-state index in [0.29, 0.717) is 12.5 Å². The largest absolute Gasteiger partial charge is 0.326 e. The summed E-state index contributed by atoms with van der Waals surface area (Å²) in [5.41, 5.74) is 12.6.